The van der Waals surface area contributed by atoms with E-state index in [0.29, 0.717) is 36.0 Å². The number of fused-ring (bicyclic) bond motifs is 5. The standard InChI is InChI=1S/C24H40O5/c1-13(4-5-21(28)29)14-8-17-22-18(11-20(27)24(17,3)12-14)23(2)7-6-16(25)9-15(23)10-19(22)26/h13-20,22,25-27H,4-12H2,1-3H3,(H,28,29)/t13-,14-,15-,16+,17-,18-,19+,20-,22-,23+,24+/m1/s1. The lowest BCUT2D eigenvalue weighted by atomic mass is 9.44. The normalized spacial score (nSPS) is 52.9. The van der Waals surface area contributed by atoms with Gasteiger partial charge >= 0.3 is 5.97 Å². The molecule has 0 saturated heterocycles. The average molecular weight is 409 g/mol. The second kappa shape index (κ2) is 7.49. The summed E-state index contributed by atoms with van der Waals surface area (Å²) in [5, 5.41) is 41.8. The summed E-state index contributed by atoms with van der Waals surface area (Å²) in [5.74, 6) is 1.18. The Balaban J connectivity index is 1.58. The van der Waals surface area contributed by atoms with Crippen molar-refractivity contribution < 1.29 is 25.2 Å². The quantitative estimate of drug-likeness (QED) is 0.571. The van der Waals surface area contributed by atoms with Crippen molar-refractivity contribution in [1.29, 1.82) is 0 Å². The molecule has 0 unspecified atom stereocenters. The topological polar surface area (TPSA) is 98.0 Å². The Morgan fingerprint density at radius 3 is 2.41 bits per heavy atom. The van der Waals surface area contributed by atoms with Crippen LogP contribution in [-0.2, 0) is 4.79 Å². The highest BCUT2D eigenvalue weighted by molar-refractivity contribution is 5.66. The van der Waals surface area contributed by atoms with Gasteiger partial charge in [0.25, 0.3) is 0 Å². The van der Waals surface area contributed by atoms with Crippen molar-refractivity contribution in [3.8, 4) is 0 Å². The third-order valence-electron chi connectivity index (χ3n) is 10.2. The third-order valence-corrected chi connectivity index (χ3v) is 10.2. The lowest BCUT2D eigenvalue weighted by Crippen LogP contribution is -2.61. The van der Waals surface area contributed by atoms with Crippen LogP contribution in [0.25, 0.3) is 0 Å². The first-order valence-electron chi connectivity index (χ1n) is 11.8. The van der Waals surface area contributed by atoms with E-state index in [0.717, 1.165) is 44.9 Å². The minimum Gasteiger partial charge on any atom is -0.481 e. The lowest BCUT2D eigenvalue weighted by molar-refractivity contribution is -0.197. The second-order valence-electron chi connectivity index (χ2n) is 11.6. The van der Waals surface area contributed by atoms with Gasteiger partial charge in [0.15, 0.2) is 0 Å². The van der Waals surface area contributed by atoms with Gasteiger partial charge in [-0.05, 0) is 97.7 Å². The summed E-state index contributed by atoms with van der Waals surface area (Å²) in [7, 11) is 0. The second-order valence-corrected chi connectivity index (χ2v) is 11.6. The van der Waals surface area contributed by atoms with Gasteiger partial charge in [0.1, 0.15) is 0 Å². The minimum atomic E-state index is -0.736. The Morgan fingerprint density at radius 1 is 1.03 bits per heavy atom. The van der Waals surface area contributed by atoms with Crippen LogP contribution in [0, 0.1) is 46.3 Å². The first kappa shape index (κ1) is 21.6. The van der Waals surface area contributed by atoms with E-state index >= 15 is 0 Å². The number of carboxylic acid groups (broad SMARTS) is 1. The van der Waals surface area contributed by atoms with E-state index in [1.165, 1.54) is 0 Å². The van der Waals surface area contributed by atoms with Crippen LogP contribution >= 0.6 is 0 Å². The van der Waals surface area contributed by atoms with Gasteiger partial charge in [-0.25, -0.2) is 0 Å². The molecule has 29 heavy (non-hydrogen) atoms. The molecule has 0 aromatic carbocycles. The molecule has 0 spiro atoms. The molecule has 5 heteroatoms. The summed E-state index contributed by atoms with van der Waals surface area (Å²) < 4.78 is 0. The minimum absolute atomic E-state index is 0.0957. The number of aliphatic hydroxyl groups excluding tert-OH is 3. The Labute approximate surface area is 174 Å². The molecule has 0 amide bonds. The Hall–Kier alpha value is -0.650. The molecule has 4 rings (SSSR count). The first-order chi connectivity index (χ1) is 13.6. The summed E-state index contributed by atoms with van der Waals surface area (Å²) >= 11 is 0. The van der Waals surface area contributed by atoms with Gasteiger partial charge in [-0.2, -0.15) is 0 Å². The summed E-state index contributed by atoms with van der Waals surface area (Å²) in [6.45, 7) is 6.73. The molecule has 0 aromatic rings. The van der Waals surface area contributed by atoms with Gasteiger partial charge in [-0.3, -0.25) is 4.79 Å². The van der Waals surface area contributed by atoms with Crippen LogP contribution in [0.2, 0.25) is 0 Å². The van der Waals surface area contributed by atoms with E-state index in [-0.39, 0.29) is 41.5 Å². The largest absolute Gasteiger partial charge is 0.481 e. The third kappa shape index (κ3) is 3.45. The summed E-state index contributed by atoms with van der Waals surface area (Å²) in [6.07, 6.45) is 6.00. The number of rotatable bonds is 4. The lowest BCUT2D eigenvalue weighted by Gasteiger charge is -2.62. The highest BCUT2D eigenvalue weighted by Gasteiger charge is 2.64. The summed E-state index contributed by atoms with van der Waals surface area (Å²) in [6, 6.07) is 0. The fourth-order valence-corrected chi connectivity index (χ4v) is 8.29. The van der Waals surface area contributed by atoms with Gasteiger partial charge in [-0.1, -0.05) is 20.8 Å². The molecule has 0 aromatic heterocycles. The summed E-state index contributed by atoms with van der Waals surface area (Å²) in [4.78, 5) is 11.0. The predicted octanol–water partition coefficient (Wildman–Crippen LogP) is 3.45. The van der Waals surface area contributed by atoms with Gasteiger partial charge in [0.05, 0.1) is 18.3 Å². The number of aliphatic carboxylic acids is 1. The van der Waals surface area contributed by atoms with Crippen molar-refractivity contribution in [2.24, 2.45) is 46.3 Å². The van der Waals surface area contributed by atoms with E-state index in [4.69, 9.17) is 5.11 Å². The highest BCUT2D eigenvalue weighted by Crippen LogP contribution is 2.67. The van der Waals surface area contributed by atoms with Crippen molar-refractivity contribution in [2.75, 3.05) is 0 Å². The molecule has 166 valence electrons. The SMILES string of the molecule is C[C@H](CCC(=O)O)[C@@H]1C[C@@H]2[C@@H]3[C@@H](C[C@@H](O)[C@@]2(C)C1)[C@@]1(C)CC[C@H](O)C[C@@H]1C[C@@H]3O. The Kier molecular flexibility index (Phi) is 5.57. The molecule has 5 nitrogen and oxygen atoms in total. The van der Waals surface area contributed by atoms with Crippen LogP contribution in [0.1, 0.15) is 78.6 Å². The molecule has 0 aliphatic heterocycles. The number of carbonyl (C=O) groups is 1. The van der Waals surface area contributed by atoms with Crippen molar-refractivity contribution in [1.82, 2.24) is 0 Å². The fraction of sp³-hybridized carbons (Fsp3) is 0.958. The average Bonchev–Trinajstić information content (AvgIpc) is 3.01. The molecule has 4 aliphatic rings. The number of hydrogen-bond acceptors (Lipinski definition) is 4. The molecular formula is C24H40O5. The molecule has 4 N–H and O–H groups in total. The molecule has 11 atom stereocenters. The molecule has 0 radical (unpaired) electrons. The molecule has 4 saturated carbocycles. The molecule has 0 heterocycles. The van der Waals surface area contributed by atoms with Crippen LogP contribution in [0.5, 0.6) is 0 Å². The maximum atomic E-state index is 11.3. The number of hydrogen-bond donors (Lipinski definition) is 4. The maximum Gasteiger partial charge on any atom is 0.303 e. The monoisotopic (exact) mass is 408 g/mol. The van der Waals surface area contributed by atoms with Gasteiger partial charge in [0, 0.05) is 6.42 Å². The van der Waals surface area contributed by atoms with E-state index in [2.05, 4.69) is 20.8 Å². The molecular weight excluding hydrogens is 368 g/mol. The van der Waals surface area contributed by atoms with Crippen LogP contribution in [0.4, 0.5) is 0 Å². The number of aliphatic hydroxyl groups is 3. The zero-order valence-electron chi connectivity index (χ0n) is 18.3. The van der Waals surface area contributed by atoms with E-state index in [1.807, 2.05) is 0 Å². The molecule has 4 fully saturated rings. The van der Waals surface area contributed by atoms with Crippen molar-refractivity contribution in [3.05, 3.63) is 0 Å². The van der Waals surface area contributed by atoms with Crippen LogP contribution < -0.4 is 0 Å². The van der Waals surface area contributed by atoms with Crippen molar-refractivity contribution >= 4 is 5.97 Å². The highest BCUT2D eigenvalue weighted by atomic mass is 16.4. The van der Waals surface area contributed by atoms with Crippen molar-refractivity contribution in [2.45, 2.75) is 96.9 Å². The van der Waals surface area contributed by atoms with E-state index in [1.54, 1.807) is 0 Å². The van der Waals surface area contributed by atoms with Crippen LogP contribution in [0.3, 0.4) is 0 Å². The number of carboxylic acids is 1. The van der Waals surface area contributed by atoms with E-state index < -0.39 is 5.97 Å². The van der Waals surface area contributed by atoms with Crippen LogP contribution in [-0.4, -0.2) is 44.7 Å². The van der Waals surface area contributed by atoms with Gasteiger partial charge in [-0.15, -0.1) is 0 Å². The molecule has 4 aliphatic carbocycles. The zero-order chi connectivity index (χ0) is 21.1. The Bertz CT molecular complexity index is 637. The van der Waals surface area contributed by atoms with Gasteiger partial charge < -0.3 is 20.4 Å². The fourth-order valence-electron chi connectivity index (χ4n) is 8.29. The van der Waals surface area contributed by atoms with E-state index in [9.17, 15) is 20.1 Å². The first-order valence-corrected chi connectivity index (χ1v) is 11.8. The molecule has 0 bridgehead atoms. The van der Waals surface area contributed by atoms with Crippen LogP contribution in [0.15, 0.2) is 0 Å². The Morgan fingerprint density at radius 2 is 1.72 bits per heavy atom. The van der Waals surface area contributed by atoms with Crippen molar-refractivity contribution in [3.63, 3.8) is 0 Å². The smallest absolute Gasteiger partial charge is 0.303 e. The van der Waals surface area contributed by atoms with Gasteiger partial charge in [0.2, 0.25) is 0 Å². The maximum absolute atomic E-state index is 11.3. The zero-order valence-corrected chi connectivity index (χ0v) is 18.3. The summed E-state index contributed by atoms with van der Waals surface area (Å²) in [5.41, 5.74) is -0.0832. The predicted molar refractivity (Wildman–Crippen MR) is 110 cm³/mol.